The van der Waals surface area contributed by atoms with E-state index in [1.165, 1.54) is 12.8 Å². The van der Waals surface area contributed by atoms with Crippen molar-refractivity contribution < 1.29 is 0 Å². The van der Waals surface area contributed by atoms with Crippen LogP contribution in [0.3, 0.4) is 0 Å². The topological polar surface area (TPSA) is 49.8 Å². The molecule has 0 saturated heterocycles. The molecule has 1 heterocycles. The molecule has 2 N–H and O–H groups in total. The van der Waals surface area contributed by atoms with Gasteiger partial charge in [-0.1, -0.05) is 13.8 Å². The molecule has 19 heavy (non-hydrogen) atoms. The molecule has 0 amide bonds. The Hall–Kier alpha value is -1.16. The van der Waals surface area contributed by atoms with Crippen molar-refractivity contribution in [3.63, 3.8) is 0 Å². The molecule has 1 aliphatic carbocycles. The lowest BCUT2D eigenvalue weighted by Gasteiger charge is -2.22. The average molecular weight is 262 g/mol. The van der Waals surface area contributed by atoms with Crippen LogP contribution in [-0.4, -0.2) is 21.5 Å². The Morgan fingerprint density at radius 1 is 1.32 bits per heavy atom. The Morgan fingerprint density at radius 2 is 2.00 bits per heavy atom. The van der Waals surface area contributed by atoms with Gasteiger partial charge in [0.1, 0.15) is 5.82 Å². The maximum absolute atomic E-state index is 4.72. The second-order valence-electron chi connectivity index (χ2n) is 6.77. The Morgan fingerprint density at radius 3 is 2.53 bits per heavy atom. The molecule has 0 radical (unpaired) electrons. The quantitative estimate of drug-likeness (QED) is 0.856. The first kappa shape index (κ1) is 14.3. The van der Waals surface area contributed by atoms with Crippen molar-refractivity contribution >= 4 is 5.69 Å². The predicted octanol–water partition coefficient (Wildman–Crippen LogP) is 3.06. The summed E-state index contributed by atoms with van der Waals surface area (Å²) in [4.78, 5) is 9.18. The molecule has 1 aromatic rings. The fourth-order valence-corrected chi connectivity index (χ4v) is 1.76. The van der Waals surface area contributed by atoms with Gasteiger partial charge in [-0.15, -0.1) is 0 Å². The van der Waals surface area contributed by atoms with Gasteiger partial charge in [0.2, 0.25) is 0 Å². The van der Waals surface area contributed by atoms with E-state index < -0.39 is 0 Å². The number of aromatic nitrogens is 2. The van der Waals surface area contributed by atoms with Crippen molar-refractivity contribution in [2.75, 3.05) is 5.32 Å². The Balaban J connectivity index is 2.16. The second kappa shape index (κ2) is 5.45. The zero-order chi connectivity index (χ0) is 14.0. The van der Waals surface area contributed by atoms with E-state index in [-0.39, 0.29) is 5.54 Å². The van der Waals surface area contributed by atoms with Crippen molar-refractivity contribution in [1.82, 2.24) is 15.3 Å². The van der Waals surface area contributed by atoms with Crippen molar-refractivity contribution in [1.29, 1.82) is 0 Å². The van der Waals surface area contributed by atoms with Gasteiger partial charge in [0, 0.05) is 24.0 Å². The van der Waals surface area contributed by atoms with Crippen LogP contribution < -0.4 is 10.6 Å². The molecule has 4 nitrogen and oxygen atoms in total. The van der Waals surface area contributed by atoms with E-state index in [9.17, 15) is 0 Å². The van der Waals surface area contributed by atoms with Gasteiger partial charge in [-0.2, -0.15) is 0 Å². The van der Waals surface area contributed by atoms with Crippen LogP contribution in [0, 0.1) is 0 Å². The van der Waals surface area contributed by atoms with Gasteiger partial charge in [0.05, 0.1) is 17.6 Å². The number of hydrogen-bond donors (Lipinski definition) is 2. The molecule has 1 saturated carbocycles. The molecule has 106 valence electrons. The smallest absolute Gasteiger partial charge is 0.131 e. The summed E-state index contributed by atoms with van der Waals surface area (Å²) in [6.45, 7) is 11.6. The summed E-state index contributed by atoms with van der Waals surface area (Å²) in [7, 11) is 0. The van der Waals surface area contributed by atoms with Crippen LogP contribution in [0.2, 0.25) is 0 Å². The summed E-state index contributed by atoms with van der Waals surface area (Å²) < 4.78 is 0. The van der Waals surface area contributed by atoms with E-state index in [4.69, 9.17) is 4.98 Å². The van der Waals surface area contributed by atoms with E-state index in [1.807, 2.05) is 6.20 Å². The average Bonchev–Trinajstić information content (AvgIpc) is 3.10. The molecule has 0 aliphatic heterocycles. The van der Waals surface area contributed by atoms with Crippen LogP contribution in [0.15, 0.2) is 6.20 Å². The predicted molar refractivity (Wildman–Crippen MR) is 79.4 cm³/mol. The molecule has 0 unspecified atom stereocenters. The molecule has 1 aliphatic rings. The third-order valence-electron chi connectivity index (χ3n) is 3.13. The van der Waals surface area contributed by atoms with Crippen LogP contribution in [0.25, 0.3) is 0 Å². The number of nitrogens with one attached hydrogen (secondary N) is 2. The Labute approximate surface area is 116 Å². The minimum absolute atomic E-state index is 0.0970. The first-order chi connectivity index (χ1) is 8.85. The molecule has 0 aromatic carbocycles. The second-order valence-corrected chi connectivity index (χ2v) is 6.77. The van der Waals surface area contributed by atoms with E-state index in [2.05, 4.69) is 50.2 Å². The highest BCUT2D eigenvalue weighted by Crippen LogP contribution is 2.26. The molecular formula is C15H26N4. The number of anilines is 1. The maximum atomic E-state index is 4.72. The summed E-state index contributed by atoms with van der Waals surface area (Å²) in [5, 5.41) is 7.03. The van der Waals surface area contributed by atoms with Crippen LogP contribution >= 0.6 is 0 Å². The van der Waals surface area contributed by atoms with Gasteiger partial charge in [0.25, 0.3) is 0 Å². The minimum Gasteiger partial charge on any atom is -0.380 e. The number of rotatable bonds is 5. The largest absolute Gasteiger partial charge is 0.380 e. The van der Waals surface area contributed by atoms with E-state index in [1.54, 1.807) is 0 Å². The zero-order valence-corrected chi connectivity index (χ0v) is 12.7. The van der Waals surface area contributed by atoms with Crippen LogP contribution in [0.5, 0.6) is 0 Å². The molecule has 0 bridgehead atoms. The third-order valence-corrected chi connectivity index (χ3v) is 3.13. The molecule has 2 rings (SSSR count). The van der Waals surface area contributed by atoms with E-state index in [0.717, 1.165) is 23.8 Å². The van der Waals surface area contributed by atoms with Gasteiger partial charge in [-0.3, -0.25) is 0 Å². The summed E-state index contributed by atoms with van der Waals surface area (Å²) >= 11 is 0. The van der Waals surface area contributed by atoms with Crippen LogP contribution in [0.1, 0.15) is 64.9 Å². The third kappa shape index (κ3) is 4.46. The first-order valence-corrected chi connectivity index (χ1v) is 7.22. The SMILES string of the molecule is CC(C)c1ncc(NC2CC2)c(CNC(C)(C)C)n1. The molecule has 0 atom stereocenters. The van der Waals surface area contributed by atoms with Crippen molar-refractivity contribution in [3.8, 4) is 0 Å². The highest BCUT2D eigenvalue weighted by atomic mass is 15.0. The highest BCUT2D eigenvalue weighted by molar-refractivity contribution is 5.48. The number of nitrogens with zero attached hydrogens (tertiary/aromatic N) is 2. The minimum atomic E-state index is 0.0970. The van der Waals surface area contributed by atoms with E-state index >= 15 is 0 Å². The maximum Gasteiger partial charge on any atom is 0.131 e. The lowest BCUT2D eigenvalue weighted by atomic mass is 10.1. The van der Waals surface area contributed by atoms with Gasteiger partial charge in [0.15, 0.2) is 0 Å². The molecule has 1 fully saturated rings. The Bertz CT molecular complexity index is 430. The monoisotopic (exact) mass is 262 g/mol. The zero-order valence-electron chi connectivity index (χ0n) is 12.7. The standard InChI is InChI=1S/C15H26N4/c1-10(2)14-16-8-12(18-11-6-7-11)13(19-14)9-17-15(3,4)5/h8,10-11,17-18H,6-7,9H2,1-5H3. The van der Waals surface area contributed by atoms with Gasteiger partial charge >= 0.3 is 0 Å². The lowest BCUT2D eigenvalue weighted by Crippen LogP contribution is -2.35. The fraction of sp³-hybridized carbons (Fsp3) is 0.733. The van der Waals surface area contributed by atoms with Gasteiger partial charge in [-0.05, 0) is 33.6 Å². The molecule has 4 heteroatoms. The summed E-state index contributed by atoms with van der Waals surface area (Å²) in [5.74, 6) is 1.29. The summed E-state index contributed by atoms with van der Waals surface area (Å²) in [6.07, 6.45) is 4.47. The first-order valence-electron chi connectivity index (χ1n) is 7.22. The summed E-state index contributed by atoms with van der Waals surface area (Å²) in [5.41, 5.74) is 2.27. The van der Waals surface area contributed by atoms with Crippen molar-refractivity contribution in [2.24, 2.45) is 0 Å². The molecule has 1 aromatic heterocycles. The lowest BCUT2D eigenvalue weighted by molar-refractivity contribution is 0.421. The molecule has 0 spiro atoms. The highest BCUT2D eigenvalue weighted by Gasteiger charge is 2.23. The normalized spacial score (nSPS) is 15.9. The van der Waals surface area contributed by atoms with Crippen molar-refractivity contribution in [3.05, 3.63) is 17.7 Å². The van der Waals surface area contributed by atoms with Crippen LogP contribution in [0.4, 0.5) is 5.69 Å². The molecular weight excluding hydrogens is 236 g/mol. The van der Waals surface area contributed by atoms with Gasteiger partial charge in [-0.25, -0.2) is 9.97 Å². The summed E-state index contributed by atoms with van der Waals surface area (Å²) in [6, 6.07) is 0.627. The van der Waals surface area contributed by atoms with Crippen molar-refractivity contribution in [2.45, 2.75) is 71.5 Å². The number of hydrogen-bond acceptors (Lipinski definition) is 4. The van der Waals surface area contributed by atoms with Gasteiger partial charge < -0.3 is 10.6 Å². The Kier molecular flexibility index (Phi) is 4.09. The van der Waals surface area contributed by atoms with Crippen LogP contribution in [-0.2, 0) is 6.54 Å². The van der Waals surface area contributed by atoms with E-state index in [0.29, 0.717) is 12.0 Å². The fourth-order valence-electron chi connectivity index (χ4n) is 1.76.